The molecule has 1 aromatic carbocycles. The number of rotatable bonds is 6. The summed E-state index contributed by atoms with van der Waals surface area (Å²) in [5.74, 6) is 0. The third-order valence-electron chi connectivity index (χ3n) is 2.70. The number of alkyl halides is 3. The Hall–Kier alpha value is -1.07. The van der Waals surface area contributed by atoms with Gasteiger partial charge in [-0.05, 0) is 31.0 Å². The highest BCUT2D eigenvalue weighted by Gasteiger charge is 2.34. The van der Waals surface area contributed by atoms with Crippen LogP contribution in [0.4, 0.5) is 13.2 Å². The predicted octanol–water partition coefficient (Wildman–Crippen LogP) is 3.13. The number of aliphatic hydroxyl groups excluding tert-OH is 1. The van der Waals surface area contributed by atoms with E-state index in [1.54, 1.807) is 6.07 Å². The van der Waals surface area contributed by atoms with Gasteiger partial charge in [-0.2, -0.15) is 13.2 Å². The zero-order chi connectivity index (χ0) is 13.6. The number of nitrogens with one attached hydrogen (secondary N) is 1. The summed E-state index contributed by atoms with van der Waals surface area (Å²) in [6.45, 7) is 2.42. The van der Waals surface area contributed by atoms with Crippen molar-refractivity contribution in [2.24, 2.45) is 0 Å². The second-order valence-electron chi connectivity index (χ2n) is 4.10. The standard InChI is InChI=1S/C13H18F3NO/c1-2-8-17-12(7-9-18)10-5-3-4-6-11(10)13(14,15)16/h3-6,12,17-18H,2,7-9H2,1H3. The fraction of sp³-hybridized carbons (Fsp3) is 0.538. The lowest BCUT2D eigenvalue weighted by Crippen LogP contribution is -2.25. The Morgan fingerprint density at radius 1 is 1.28 bits per heavy atom. The normalized spacial score (nSPS) is 13.6. The van der Waals surface area contributed by atoms with Crippen LogP contribution in [-0.2, 0) is 6.18 Å². The van der Waals surface area contributed by atoms with E-state index in [9.17, 15) is 13.2 Å². The molecule has 2 N–H and O–H groups in total. The fourth-order valence-electron chi connectivity index (χ4n) is 1.87. The molecular weight excluding hydrogens is 243 g/mol. The molecule has 0 heterocycles. The molecule has 0 fully saturated rings. The molecule has 5 heteroatoms. The summed E-state index contributed by atoms with van der Waals surface area (Å²) in [4.78, 5) is 0. The first-order chi connectivity index (χ1) is 8.50. The van der Waals surface area contributed by atoms with Gasteiger partial charge in [0, 0.05) is 12.6 Å². The molecule has 0 saturated heterocycles. The van der Waals surface area contributed by atoms with Crippen LogP contribution < -0.4 is 5.32 Å². The molecule has 0 saturated carbocycles. The Balaban J connectivity index is 3.03. The van der Waals surface area contributed by atoms with Gasteiger partial charge in [0.05, 0.1) is 5.56 Å². The molecule has 0 aliphatic carbocycles. The molecule has 1 atom stereocenters. The first-order valence-electron chi connectivity index (χ1n) is 6.01. The lowest BCUT2D eigenvalue weighted by atomic mass is 9.97. The van der Waals surface area contributed by atoms with Crippen LogP contribution in [-0.4, -0.2) is 18.3 Å². The van der Waals surface area contributed by atoms with Gasteiger partial charge >= 0.3 is 6.18 Å². The van der Waals surface area contributed by atoms with Crippen LogP contribution in [0, 0.1) is 0 Å². The van der Waals surface area contributed by atoms with E-state index in [2.05, 4.69) is 5.32 Å². The topological polar surface area (TPSA) is 32.3 Å². The summed E-state index contributed by atoms with van der Waals surface area (Å²) < 4.78 is 38.6. The molecule has 1 rings (SSSR count). The molecule has 0 aromatic heterocycles. The lowest BCUT2D eigenvalue weighted by molar-refractivity contribution is -0.138. The molecule has 0 spiro atoms. The number of hydrogen-bond donors (Lipinski definition) is 2. The van der Waals surface area contributed by atoms with Gasteiger partial charge in [0.15, 0.2) is 0 Å². The second-order valence-corrected chi connectivity index (χ2v) is 4.10. The summed E-state index contributed by atoms with van der Waals surface area (Å²) in [5.41, 5.74) is -0.431. The summed E-state index contributed by atoms with van der Waals surface area (Å²) >= 11 is 0. The summed E-state index contributed by atoms with van der Waals surface area (Å²) in [7, 11) is 0. The van der Waals surface area contributed by atoms with Gasteiger partial charge in [0.2, 0.25) is 0 Å². The smallest absolute Gasteiger partial charge is 0.396 e. The van der Waals surface area contributed by atoms with E-state index >= 15 is 0 Å². The monoisotopic (exact) mass is 261 g/mol. The van der Waals surface area contributed by atoms with Crippen molar-refractivity contribution in [3.63, 3.8) is 0 Å². The fourth-order valence-corrected chi connectivity index (χ4v) is 1.87. The maximum Gasteiger partial charge on any atom is 0.416 e. The van der Waals surface area contributed by atoms with Gasteiger partial charge in [0.25, 0.3) is 0 Å². The minimum atomic E-state index is -4.36. The highest BCUT2D eigenvalue weighted by Crippen LogP contribution is 2.35. The van der Waals surface area contributed by atoms with Crippen molar-refractivity contribution in [2.45, 2.75) is 32.0 Å². The molecule has 0 amide bonds. The first-order valence-corrected chi connectivity index (χ1v) is 6.01. The van der Waals surface area contributed by atoms with Gasteiger partial charge in [0.1, 0.15) is 0 Å². The van der Waals surface area contributed by atoms with E-state index < -0.39 is 17.8 Å². The summed E-state index contributed by atoms with van der Waals surface area (Å²) in [6, 6.07) is 5.04. The average Bonchev–Trinajstić information content (AvgIpc) is 2.33. The van der Waals surface area contributed by atoms with Crippen molar-refractivity contribution in [3.8, 4) is 0 Å². The number of aliphatic hydroxyl groups is 1. The molecule has 102 valence electrons. The predicted molar refractivity (Wildman–Crippen MR) is 64.2 cm³/mol. The summed E-state index contributed by atoms with van der Waals surface area (Å²) in [5, 5.41) is 12.0. The van der Waals surface area contributed by atoms with Gasteiger partial charge in [-0.25, -0.2) is 0 Å². The van der Waals surface area contributed by atoms with E-state index in [0.717, 1.165) is 12.5 Å². The molecule has 18 heavy (non-hydrogen) atoms. The number of benzene rings is 1. The molecule has 0 aliphatic rings. The minimum absolute atomic E-state index is 0.145. The number of halogens is 3. The zero-order valence-electron chi connectivity index (χ0n) is 10.3. The maximum atomic E-state index is 12.9. The molecule has 2 nitrogen and oxygen atoms in total. The SMILES string of the molecule is CCCNC(CCO)c1ccccc1C(F)(F)F. The maximum absolute atomic E-state index is 12.9. The molecule has 0 aliphatic heterocycles. The Morgan fingerprint density at radius 3 is 2.50 bits per heavy atom. The van der Waals surface area contributed by atoms with Gasteiger partial charge in [-0.15, -0.1) is 0 Å². The average molecular weight is 261 g/mol. The Labute approximate surface area is 105 Å². The van der Waals surface area contributed by atoms with E-state index in [-0.39, 0.29) is 18.6 Å². The van der Waals surface area contributed by atoms with E-state index in [0.29, 0.717) is 6.54 Å². The lowest BCUT2D eigenvalue weighted by Gasteiger charge is -2.22. The third-order valence-corrected chi connectivity index (χ3v) is 2.70. The summed E-state index contributed by atoms with van der Waals surface area (Å²) in [6.07, 6.45) is -3.26. The van der Waals surface area contributed by atoms with Crippen molar-refractivity contribution in [3.05, 3.63) is 35.4 Å². The molecule has 1 aromatic rings. The van der Waals surface area contributed by atoms with Gasteiger partial charge in [-0.3, -0.25) is 0 Å². The van der Waals surface area contributed by atoms with Crippen LogP contribution in [0.3, 0.4) is 0 Å². The van der Waals surface area contributed by atoms with Crippen molar-refractivity contribution in [2.75, 3.05) is 13.2 Å². The van der Waals surface area contributed by atoms with Crippen LogP contribution in [0.1, 0.15) is 36.9 Å². The zero-order valence-corrected chi connectivity index (χ0v) is 10.3. The van der Waals surface area contributed by atoms with Crippen LogP contribution in [0.2, 0.25) is 0 Å². The Kier molecular flexibility index (Phi) is 5.62. The van der Waals surface area contributed by atoms with E-state index in [4.69, 9.17) is 5.11 Å². The molecule has 1 unspecified atom stereocenters. The Morgan fingerprint density at radius 2 is 1.94 bits per heavy atom. The molecule has 0 radical (unpaired) electrons. The quantitative estimate of drug-likeness (QED) is 0.824. The molecule has 0 bridgehead atoms. The first kappa shape index (κ1) is 15.0. The largest absolute Gasteiger partial charge is 0.416 e. The van der Waals surface area contributed by atoms with Crippen molar-refractivity contribution < 1.29 is 18.3 Å². The highest BCUT2D eigenvalue weighted by molar-refractivity contribution is 5.32. The third kappa shape index (κ3) is 3.99. The van der Waals surface area contributed by atoms with E-state index in [1.807, 2.05) is 6.92 Å². The number of hydrogen-bond acceptors (Lipinski definition) is 2. The van der Waals surface area contributed by atoms with Crippen LogP contribution in [0.25, 0.3) is 0 Å². The highest BCUT2D eigenvalue weighted by atomic mass is 19.4. The second kappa shape index (κ2) is 6.75. The van der Waals surface area contributed by atoms with Gasteiger partial charge in [-0.1, -0.05) is 25.1 Å². The van der Waals surface area contributed by atoms with Crippen molar-refractivity contribution in [1.29, 1.82) is 0 Å². The van der Waals surface area contributed by atoms with Crippen LogP contribution in [0.5, 0.6) is 0 Å². The Bertz CT molecular complexity index is 365. The van der Waals surface area contributed by atoms with Gasteiger partial charge < -0.3 is 10.4 Å². The van der Waals surface area contributed by atoms with E-state index in [1.165, 1.54) is 12.1 Å². The van der Waals surface area contributed by atoms with Crippen molar-refractivity contribution in [1.82, 2.24) is 5.32 Å². The van der Waals surface area contributed by atoms with Crippen LogP contribution in [0.15, 0.2) is 24.3 Å². The van der Waals surface area contributed by atoms with Crippen LogP contribution >= 0.6 is 0 Å². The van der Waals surface area contributed by atoms with Crippen molar-refractivity contribution >= 4 is 0 Å². The molecular formula is C13H18F3NO. The minimum Gasteiger partial charge on any atom is -0.396 e.